The third kappa shape index (κ3) is 3.57. The van der Waals surface area contributed by atoms with Crippen LogP contribution in [0.15, 0.2) is 158 Å². The molecule has 0 fully saturated rings. The molecule has 1 aliphatic rings. The average Bonchev–Trinajstić information content (AvgIpc) is 3.75. The number of rotatable bonds is 3. The molecule has 0 radical (unpaired) electrons. The highest BCUT2D eigenvalue weighted by atomic mass is 15.0. The topological polar surface area (TPSA) is 9.86 Å². The minimum Gasteiger partial charge on any atom is -0.309 e. The predicted molar refractivity (Wildman–Crippen MR) is 189 cm³/mol. The number of hydrogen-bond donors (Lipinski definition) is 0. The van der Waals surface area contributed by atoms with Crippen molar-refractivity contribution in [3.05, 3.63) is 169 Å². The van der Waals surface area contributed by atoms with Crippen molar-refractivity contribution < 1.29 is 0 Å². The molecule has 0 atom stereocenters. The van der Waals surface area contributed by atoms with Crippen LogP contribution in [0.1, 0.15) is 11.1 Å². The molecule has 9 aromatic rings. The Bertz CT molecular complexity index is 2560. The van der Waals surface area contributed by atoms with E-state index in [1.54, 1.807) is 0 Å². The van der Waals surface area contributed by atoms with Gasteiger partial charge >= 0.3 is 0 Å². The largest absolute Gasteiger partial charge is 0.309 e. The van der Waals surface area contributed by atoms with E-state index in [0.29, 0.717) is 0 Å². The molecule has 45 heavy (non-hydrogen) atoms. The zero-order valence-corrected chi connectivity index (χ0v) is 24.6. The molecule has 0 aliphatic heterocycles. The van der Waals surface area contributed by atoms with Gasteiger partial charge in [0.1, 0.15) is 0 Å². The molecule has 0 bridgehead atoms. The maximum Gasteiger partial charge on any atom is 0.0541 e. The molecule has 0 saturated heterocycles. The molecular formula is C43H28N2. The number of fused-ring (bicyclic) bond motifs is 9. The smallest absolute Gasteiger partial charge is 0.0541 e. The first-order valence-electron chi connectivity index (χ1n) is 15.7. The first-order valence-corrected chi connectivity index (χ1v) is 15.7. The van der Waals surface area contributed by atoms with E-state index in [0.717, 1.165) is 6.42 Å². The lowest BCUT2D eigenvalue weighted by molar-refractivity contribution is 1.17. The summed E-state index contributed by atoms with van der Waals surface area (Å²) in [4.78, 5) is 0. The lowest BCUT2D eigenvalue weighted by Gasteiger charge is -2.12. The fourth-order valence-electron chi connectivity index (χ4n) is 7.68. The summed E-state index contributed by atoms with van der Waals surface area (Å²) in [5, 5.41) is 5.14. The van der Waals surface area contributed by atoms with Crippen molar-refractivity contribution in [1.82, 2.24) is 9.13 Å². The van der Waals surface area contributed by atoms with Crippen molar-refractivity contribution >= 4 is 43.6 Å². The van der Waals surface area contributed by atoms with Gasteiger partial charge in [0.15, 0.2) is 0 Å². The summed E-state index contributed by atoms with van der Waals surface area (Å²) in [6.07, 6.45) is 0.964. The first kappa shape index (κ1) is 24.6. The van der Waals surface area contributed by atoms with Gasteiger partial charge in [-0.3, -0.25) is 0 Å². The van der Waals surface area contributed by atoms with Crippen molar-refractivity contribution in [2.24, 2.45) is 0 Å². The Morgan fingerprint density at radius 3 is 1.36 bits per heavy atom. The molecule has 0 N–H and O–H groups in total. The van der Waals surface area contributed by atoms with Gasteiger partial charge in [-0.2, -0.15) is 0 Å². The summed E-state index contributed by atoms with van der Waals surface area (Å²) in [7, 11) is 0. The lowest BCUT2D eigenvalue weighted by atomic mass is 10.0. The number of nitrogens with zero attached hydrogens (tertiary/aromatic N) is 2. The normalized spacial score (nSPS) is 12.4. The SMILES string of the molecule is c1ccc(-c2ccc3c(c2)c2ccccc2n3-c2ccc3c(c2)-c2cc(-n4c5ccccc5c5ccccc54)ccc2C3)cc1. The Hall–Kier alpha value is -5.86. The molecule has 2 nitrogen and oxygen atoms in total. The quantitative estimate of drug-likeness (QED) is 0.199. The number of benzene rings is 7. The highest BCUT2D eigenvalue weighted by Gasteiger charge is 2.22. The van der Waals surface area contributed by atoms with E-state index < -0.39 is 0 Å². The summed E-state index contributed by atoms with van der Waals surface area (Å²) in [6, 6.07) is 57.9. The monoisotopic (exact) mass is 572 g/mol. The van der Waals surface area contributed by atoms with Crippen LogP contribution >= 0.6 is 0 Å². The number of hydrogen-bond acceptors (Lipinski definition) is 0. The summed E-state index contributed by atoms with van der Waals surface area (Å²) in [6.45, 7) is 0. The number of aromatic nitrogens is 2. The third-order valence-electron chi connectivity index (χ3n) is 9.73. The molecule has 0 unspecified atom stereocenters. The van der Waals surface area contributed by atoms with E-state index in [-0.39, 0.29) is 0 Å². The standard InChI is InChI=1S/C43H28N2/c1-2-10-28(11-3-1)29-20-23-43-39(25-29)36-14-6-9-17-42(36)45(43)33-22-19-31-24-30-18-21-32(26-37(30)38(31)27-33)44-40-15-7-4-12-34(40)35-13-5-8-16-41(35)44/h1-23,25-27H,24H2. The molecule has 210 valence electrons. The number of para-hydroxylation sites is 3. The summed E-state index contributed by atoms with van der Waals surface area (Å²) >= 11 is 0. The van der Waals surface area contributed by atoms with Gasteiger partial charge in [0.05, 0.1) is 22.1 Å². The van der Waals surface area contributed by atoms with Gasteiger partial charge in [0, 0.05) is 32.9 Å². The maximum absolute atomic E-state index is 2.44. The van der Waals surface area contributed by atoms with Crippen LogP contribution in [0.3, 0.4) is 0 Å². The van der Waals surface area contributed by atoms with Crippen LogP contribution in [0, 0.1) is 0 Å². The molecule has 2 heteroatoms. The van der Waals surface area contributed by atoms with Crippen LogP contribution in [0.4, 0.5) is 0 Å². The highest BCUT2D eigenvalue weighted by Crippen LogP contribution is 2.42. The summed E-state index contributed by atoms with van der Waals surface area (Å²) < 4.78 is 4.86. The van der Waals surface area contributed by atoms with E-state index in [2.05, 4.69) is 167 Å². The van der Waals surface area contributed by atoms with Gasteiger partial charge in [0.25, 0.3) is 0 Å². The lowest BCUT2D eigenvalue weighted by Crippen LogP contribution is -1.96. The zero-order chi connectivity index (χ0) is 29.5. The molecule has 7 aromatic carbocycles. The van der Waals surface area contributed by atoms with E-state index in [4.69, 9.17) is 0 Å². The van der Waals surface area contributed by atoms with Crippen molar-refractivity contribution in [2.75, 3.05) is 0 Å². The van der Waals surface area contributed by atoms with E-state index in [9.17, 15) is 0 Å². The second kappa shape index (κ2) is 9.32. The molecule has 0 amide bonds. The molecule has 0 spiro atoms. The van der Waals surface area contributed by atoms with Gasteiger partial charge in [-0.25, -0.2) is 0 Å². The summed E-state index contributed by atoms with van der Waals surface area (Å²) in [5.41, 5.74) is 15.3. The predicted octanol–water partition coefficient (Wildman–Crippen LogP) is 11.1. The van der Waals surface area contributed by atoms with Gasteiger partial charge in [0.2, 0.25) is 0 Å². The van der Waals surface area contributed by atoms with Gasteiger partial charge in [-0.05, 0) is 94.4 Å². The van der Waals surface area contributed by atoms with Gasteiger partial charge < -0.3 is 9.13 Å². The van der Waals surface area contributed by atoms with Crippen molar-refractivity contribution in [3.8, 4) is 33.6 Å². The van der Waals surface area contributed by atoms with Crippen LogP contribution in [0.5, 0.6) is 0 Å². The highest BCUT2D eigenvalue weighted by molar-refractivity contribution is 6.11. The fraction of sp³-hybridized carbons (Fsp3) is 0.0233. The Morgan fingerprint density at radius 1 is 0.333 bits per heavy atom. The average molecular weight is 573 g/mol. The van der Waals surface area contributed by atoms with Crippen LogP contribution in [-0.2, 0) is 6.42 Å². The Balaban J connectivity index is 1.16. The second-order valence-corrected chi connectivity index (χ2v) is 12.2. The van der Waals surface area contributed by atoms with E-state index in [1.807, 2.05) is 0 Å². The molecular weight excluding hydrogens is 544 g/mol. The molecule has 0 saturated carbocycles. The minimum absolute atomic E-state index is 0.964. The minimum atomic E-state index is 0.964. The van der Waals surface area contributed by atoms with Crippen molar-refractivity contribution in [3.63, 3.8) is 0 Å². The fourth-order valence-corrected chi connectivity index (χ4v) is 7.68. The Kier molecular flexibility index (Phi) is 5.09. The van der Waals surface area contributed by atoms with Crippen LogP contribution < -0.4 is 0 Å². The van der Waals surface area contributed by atoms with Crippen LogP contribution in [-0.4, -0.2) is 9.13 Å². The Morgan fingerprint density at radius 2 is 0.800 bits per heavy atom. The van der Waals surface area contributed by atoms with Crippen molar-refractivity contribution in [2.45, 2.75) is 6.42 Å². The zero-order valence-electron chi connectivity index (χ0n) is 24.6. The third-order valence-corrected chi connectivity index (χ3v) is 9.73. The van der Waals surface area contributed by atoms with Gasteiger partial charge in [-0.1, -0.05) is 103 Å². The first-order chi connectivity index (χ1) is 22.3. The molecule has 2 aromatic heterocycles. The van der Waals surface area contributed by atoms with Crippen molar-refractivity contribution in [1.29, 1.82) is 0 Å². The van der Waals surface area contributed by atoms with Crippen LogP contribution in [0.2, 0.25) is 0 Å². The molecule has 1 aliphatic carbocycles. The second-order valence-electron chi connectivity index (χ2n) is 12.2. The Labute approximate surface area is 261 Å². The van der Waals surface area contributed by atoms with Crippen LogP contribution in [0.25, 0.3) is 77.2 Å². The molecule has 2 heterocycles. The van der Waals surface area contributed by atoms with Gasteiger partial charge in [-0.15, -0.1) is 0 Å². The maximum atomic E-state index is 2.44. The summed E-state index contributed by atoms with van der Waals surface area (Å²) in [5.74, 6) is 0. The molecule has 10 rings (SSSR count). The van der Waals surface area contributed by atoms with E-state index in [1.165, 1.54) is 88.4 Å². The van der Waals surface area contributed by atoms with E-state index >= 15 is 0 Å².